The highest BCUT2D eigenvalue weighted by Gasteiger charge is 2.23. The van der Waals surface area contributed by atoms with Crippen LogP contribution >= 0.6 is 0 Å². The number of rotatable bonds is 16. The summed E-state index contributed by atoms with van der Waals surface area (Å²) >= 11 is 0. The van der Waals surface area contributed by atoms with Crippen molar-refractivity contribution in [3.63, 3.8) is 0 Å². The van der Waals surface area contributed by atoms with E-state index in [1.54, 1.807) is 14.2 Å². The average molecular weight is 1020 g/mol. The Balaban J connectivity index is 0.000000187. The predicted molar refractivity (Wildman–Crippen MR) is 293 cm³/mol. The SMILES string of the molecule is COCc1cc(-c2nc(-c3ccc4c(c3)CN(CCC(=O)O)CC4)no2)ccc1-c1ccccc1C.COCc1cc(-c2nc(-c3ccc4c(c3)CN(CCC(=O)OC(C)(C)C)CC4)no2)ccc1-c1ccccc1C. The van der Waals surface area contributed by atoms with Gasteiger partial charge in [-0.25, -0.2) is 0 Å². The lowest BCUT2D eigenvalue weighted by Crippen LogP contribution is -2.33. The number of carboxylic acids is 1. The Kier molecular flexibility index (Phi) is 16.8. The standard InChI is InChI=1S/C33H37N3O4.C29H29N3O4/c1-22-8-6-7-9-28(22)29-13-12-25(19-27(29)21-38-5)32-34-31(35-40-32)24-11-10-23-14-16-36(20-26(23)18-24)17-15-30(37)39-33(2,3)4;1-19-5-3-4-6-25(19)26-10-9-22(16-24(26)18-35-2)29-30-28(31-36-29)21-8-7-20-11-13-32(14-12-27(33)34)17-23(20)15-21/h6-13,18-19H,14-17,20-21H2,1-5H3;3-10,15-16H,11-14,17-18H2,1-2H3,(H,33,34). The summed E-state index contributed by atoms with van der Waals surface area (Å²) < 4.78 is 27.8. The number of carbonyl (C=O) groups is 2. The molecular formula is C62H66N6O8. The Bertz CT molecular complexity index is 3340. The number of hydrogen-bond donors (Lipinski definition) is 1. The van der Waals surface area contributed by atoms with E-state index in [-0.39, 0.29) is 12.4 Å². The zero-order chi connectivity index (χ0) is 53.3. The minimum Gasteiger partial charge on any atom is -0.481 e. The monoisotopic (exact) mass is 1020 g/mol. The quantitative estimate of drug-likeness (QED) is 0.0908. The zero-order valence-electron chi connectivity index (χ0n) is 44.5. The highest BCUT2D eigenvalue weighted by molar-refractivity contribution is 5.76. The second-order valence-electron chi connectivity index (χ2n) is 20.6. The normalized spacial score (nSPS) is 13.6. The van der Waals surface area contributed by atoms with E-state index in [1.807, 2.05) is 57.2 Å². The molecule has 0 saturated carbocycles. The number of aliphatic carboxylic acids is 1. The minimum absolute atomic E-state index is 0.150. The van der Waals surface area contributed by atoms with Crippen molar-refractivity contribution in [2.45, 2.75) is 92.2 Å². The molecule has 4 heterocycles. The van der Waals surface area contributed by atoms with Crippen LogP contribution in [0.15, 0.2) is 130 Å². The highest BCUT2D eigenvalue weighted by Crippen LogP contribution is 2.35. The summed E-state index contributed by atoms with van der Waals surface area (Å²) in [4.78, 5) is 37.0. The Morgan fingerprint density at radius 1 is 0.566 bits per heavy atom. The van der Waals surface area contributed by atoms with Crippen LogP contribution in [0.25, 0.3) is 67.9 Å². The van der Waals surface area contributed by atoms with E-state index < -0.39 is 11.6 Å². The van der Waals surface area contributed by atoms with Crippen molar-refractivity contribution < 1.29 is 38.0 Å². The van der Waals surface area contributed by atoms with Crippen molar-refractivity contribution in [2.24, 2.45) is 0 Å². The number of carbonyl (C=O) groups excluding carboxylic acids is 1. The molecule has 392 valence electrons. The topological polar surface area (TPSA) is 166 Å². The van der Waals surface area contributed by atoms with E-state index in [1.165, 1.54) is 44.5 Å². The van der Waals surface area contributed by atoms with Crippen LogP contribution in [-0.4, -0.2) is 93.1 Å². The lowest BCUT2D eigenvalue weighted by Gasteiger charge is -2.29. The van der Waals surface area contributed by atoms with Crippen molar-refractivity contribution in [1.29, 1.82) is 0 Å². The molecule has 0 atom stereocenters. The fraction of sp³-hybridized carbons (Fsp3) is 0.323. The molecule has 0 amide bonds. The van der Waals surface area contributed by atoms with E-state index in [0.717, 1.165) is 83.5 Å². The van der Waals surface area contributed by atoms with Crippen molar-refractivity contribution in [2.75, 3.05) is 40.4 Å². The second-order valence-corrected chi connectivity index (χ2v) is 20.6. The van der Waals surface area contributed by atoms with Gasteiger partial charge in [0.1, 0.15) is 5.60 Å². The maximum atomic E-state index is 12.2. The van der Waals surface area contributed by atoms with Crippen LogP contribution in [0.2, 0.25) is 0 Å². The molecule has 10 rings (SSSR count). The van der Waals surface area contributed by atoms with Gasteiger partial charge in [0.05, 0.1) is 26.1 Å². The molecule has 0 bridgehead atoms. The third-order valence-electron chi connectivity index (χ3n) is 13.8. The second kappa shape index (κ2) is 23.9. The number of carboxylic acid groups (broad SMARTS) is 1. The first kappa shape index (κ1) is 53.2. The number of hydrogen-bond acceptors (Lipinski definition) is 13. The molecule has 2 aliphatic heterocycles. The summed E-state index contributed by atoms with van der Waals surface area (Å²) in [6, 6.07) is 41.6. The lowest BCUT2D eigenvalue weighted by atomic mass is 9.94. The van der Waals surface area contributed by atoms with Gasteiger partial charge in [0.25, 0.3) is 11.8 Å². The van der Waals surface area contributed by atoms with Gasteiger partial charge in [0.2, 0.25) is 11.6 Å². The van der Waals surface area contributed by atoms with Gasteiger partial charge < -0.3 is 28.4 Å². The van der Waals surface area contributed by atoms with Gasteiger partial charge in [-0.2, -0.15) is 9.97 Å². The molecule has 6 aromatic carbocycles. The number of aryl methyl sites for hydroxylation is 2. The molecule has 0 saturated heterocycles. The van der Waals surface area contributed by atoms with Gasteiger partial charge >= 0.3 is 11.9 Å². The Morgan fingerprint density at radius 2 is 1.01 bits per heavy atom. The average Bonchev–Trinajstić information content (AvgIpc) is 4.12. The fourth-order valence-electron chi connectivity index (χ4n) is 9.98. The van der Waals surface area contributed by atoms with Gasteiger partial charge in [-0.3, -0.25) is 19.4 Å². The number of benzene rings is 6. The molecule has 0 fully saturated rings. The van der Waals surface area contributed by atoms with E-state index in [2.05, 4.69) is 124 Å². The van der Waals surface area contributed by atoms with Crippen LogP contribution < -0.4 is 0 Å². The number of esters is 1. The molecule has 2 aromatic heterocycles. The summed E-state index contributed by atoms with van der Waals surface area (Å²) in [7, 11) is 3.39. The van der Waals surface area contributed by atoms with Gasteiger partial charge in [0, 0.05) is 75.7 Å². The van der Waals surface area contributed by atoms with Gasteiger partial charge in [0.15, 0.2) is 0 Å². The molecule has 0 spiro atoms. The highest BCUT2D eigenvalue weighted by atomic mass is 16.6. The summed E-state index contributed by atoms with van der Waals surface area (Å²) in [5.41, 5.74) is 17.2. The third-order valence-corrected chi connectivity index (χ3v) is 13.8. The number of ether oxygens (including phenoxy) is 3. The van der Waals surface area contributed by atoms with Crippen LogP contribution in [0.5, 0.6) is 0 Å². The largest absolute Gasteiger partial charge is 0.481 e. The van der Waals surface area contributed by atoms with Crippen LogP contribution in [-0.2, 0) is 62.9 Å². The molecule has 14 heteroatoms. The summed E-state index contributed by atoms with van der Waals surface area (Å²) in [6.07, 6.45) is 2.38. The smallest absolute Gasteiger partial charge is 0.307 e. The first-order chi connectivity index (χ1) is 36.7. The van der Waals surface area contributed by atoms with E-state index in [4.69, 9.17) is 33.3 Å². The molecule has 76 heavy (non-hydrogen) atoms. The van der Waals surface area contributed by atoms with Crippen LogP contribution in [0, 0.1) is 13.8 Å². The summed E-state index contributed by atoms with van der Waals surface area (Å²) in [5, 5.41) is 17.6. The Hall–Kier alpha value is -7.62. The van der Waals surface area contributed by atoms with Crippen molar-refractivity contribution >= 4 is 11.9 Å². The number of methoxy groups -OCH3 is 2. The van der Waals surface area contributed by atoms with E-state index in [9.17, 15) is 9.59 Å². The maximum absolute atomic E-state index is 12.2. The number of aromatic nitrogens is 4. The maximum Gasteiger partial charge on any atom is 0.307 e. The molecule has 0 unspecified atom stereocenters. The molecule has 0 radical (unpaired) electrons. The van der Waals surface area contributed by atoms with Gasteiger partial charge in [-0.05, 0) is 151 Å². The molecule has 8 aromatic rings. The summed E-state index contributed by atoms with van der Waals surface area (Å²) in [5.74, 6) is 1.09. The lowest BCUT2D eigenvalue weighted by molar-refractivity contribution is -0.155. The fourth-order valence-corrected chi connectivity index (χ4v) is 9.98. The summed E-state index contributed by atoms with van der Waals surface area (Å²) in [6.45, 7) is 15.4. The van der Waals surface area contributed by atoms with Crippen molar-refractivity contribution in [1.82, 2.24) is 30.1 Å². The first-order valence-electron chi connectivity index (χ1n) is 25.9. The Labute approximate surface area is 444 Å². The predicted octanol–water partition coefficient (Wildman–Crippen LogP) is 12.0. The van der Waals surface area contributed by atoms with Crippen LogP contribution in [0.1, 0.15) is 78.1 Å². The molecule has 1 N–H and O–H groups in total. The Morgan fingerprint density at radius 3 is 1.45 bits per heavy atom. The van der Waals surface area contributed by atoms with E-state index >= 15 is 0 Å². The molecule has 14 nitrogen and oxygen atoms in total. The van der Waals surface area contributed by atoms with Crippen molar-refractivity contribution in [3.05, 3.63) is 166 Å². The van der Waals surface area contributed by atoms with E-state index in [0.29, 0.717) is 56.2 Å². The first-order valence-corrected chi connectivity index (χ1v) is 25.9. The van der Waals surface area contributed by atoms with Gasteiger partial charge in [-0.15, -0.1) is 0 Å². The minimum atomic E-state index is -0.769. The number of nitrogens with zero attached hydrogens (tertiary/aromatic N) is 6. The third kappa shape index (κ3) is 13.1. The van der Waals surface area contributed by atoms with Crippen LogP contribution in [0.4, 0.5) is 0 Å². The zero-order valence-corrected chi connectivity index (χ0v) is 44.5. The van der Waals surface area contributed by atoms with Crippen LogP contribution in [0.3, 0.4) is 0 Å². The van der Waals surface area contributed by atoms with Crippen molar-refractivity contribution in [3.8, 4) is 67.9 Å². The molecule has 0 aliphatic carbocycles. The van der Waals surface area contributed by atoms with Gasteiger partial charge in [-0.1, -0.05) is 95.2 Å². The molecular weight excluding hydrogens is 957 g/mol. The number of fused-ring (bicyclic) bond motifs is 2. The molecule has 2 aliphatic rings.